The maximum atomic E-state index is 14.0. The number of anilines is 1. The van der Waals surface area contributed by atoms with Crippen molar-refractivity contribution in [3.8, 4) is 12.3 Å². The lowest BCUT2D eigenvalue weighted by Crippen LogP contribution is -2.47. The average molecular weight is 688 g/mol. The van der Waals surface area contributed by atoms with E-state index in [1.165, 1.54) is 0 Å². The lowest BCUT2D eigenvalue weighted by molar-refractivity contribution is -0.124. The van der Waals surface area contributed by atoms with Crippen molar-refractivity contribution in [2.24, 2.45) is 0 Å². The molecule has 2 aliphatic heterocycles. The highest BCUT2D eigenvalue weighted by molar-refractivity contribution is 7.91. The number of piperidine rings is 1. The number of nitrogens with zero attached hydrogens (tertiary/aromatic N) is 4. The van der Waals surface area contributed by atoms with Gasteiger partial charge in [-0.25, -0.2) is 13.4 Å². The Bertz CT molecular complexity index is 1650. The number of hydrogen-bond donors (Lipinski definition) is 1. The molecule has 0 atom stereocenters. The molecule has 1 saturated heterocycles. The Morgan fingerprint density at radius 2 is 1.68 bits per heavy atom. The van der Waals surface area contributed by atoms with Gasteiger partial charge in [0.1, 0.15) is 12.4 Å². The van der Waals surface area contributed by atoms with Gasteiger partial charge in [0.25, 0.3) is 0 Å². The van der Waals surface area contributed by atoms with Crippen molar-refractivity contribution in [1.82, 2.24) is 19.9 Å². The van der Waals surface area contributed by atoms with E-state index in [1.807, 2.05) is 16.7 Å². The molecule has 1 amide bonds. The molecular weight excluding hydrogens is 646 g/mol. The number of terminal acetylenes is 1. The van der Waals surface area contributed by atoms with Gasteiger partial charge in [0.2, 0.25) is 5.91 Å². The van der Waals surface area contributed by atoms with Gasteiger partial charge in [0.15, 0.2) is 9.84 Å². The zero-order valence-electron chi connectivity index (χ0n) is 26.5. The van der Waals surface area contributed by atoms with E-state index in [1.54, 1.807) is 29.4 Å². The van der Waals surface area contributed by atoms with Gasteiger partial charge in [-0.05, 0) is 62.2 Å². The second kappa shape index (κ2) is 16.8. The number of nitrogens with one attached hydrogen (secondary N) is 1. The number of fused-ring (bicyclic) bond motifs is 3. The molecule has 4 heterocycles. The maximum absolute atomic E-state index is 14.0. The Labute approximate surface area is 281 Å². The molecule has 2 aromatic heterocycles. The molecule has 3 aromatic rings. The van der Waals surface area contributed by atoms with Crippen LogP contribution in [-0.4, -0.2) is 106 Å². The third kappa shape index (κ3) is 8.88. The molecule has 254 valence electrons. The van der Waals surface area contributed by atoms with Crippen LogP contribution in [0.15, 0.2) is 36.7 Å². The number of amides is 1. The van der Waals surface area contributed by atoms with E-state index < -0.39 is 15.3 Å². The summed E-state index contributed by atoms with van der Waals surface area (Å²) in [5.74, 6) is 3.02. The van der Waals surface area contributed by atoms with Crippen LogP contribution in [0.2, 0.25) is 5.02 Å². The Morgan fingerprint density at radius 3 is 2.40 bits per heavy atom. The summed E-state index contributed by atoms with van der Waals surface area (Å²) in [5, 5.41) is 3.92. The summed E-state index contributed by atoms with van der Waals surface area (Å²) >= 11 is 6.29. The molecule has 1 aromatic carbocycles. The normalized spacial score (nSPS) is 15.8. The molecule has 1 fully saturated rings. The minimum Gasteiger partial charge on any atom is -0.378 e. The number of pyridine rings is 1. The van der Waals surface area contributed by atoms with Crippen molar-refractivity contribution in [1.29, 1.82) is 0 Å². The molecule has 1 spiro atoms. The number of carbonyl (C=O) groups is 1. The first-order valence-corrected chi connectivity index (χ1v) is 18.1. The number of benzene rings is 1. The summed E-state index contributed by atoms with van der Waals surface area (Å²) in [6.45, 7) is 4.89. The summed E-state index contributed by atoms with van der Waals surface area (Å²) in [6, 6.07) is 7.42. The van der Waals surface area contributed by atoms with Gasteiger partial charge in [-0.1, -0.05) is 17.5 Å². The molecule has 47 heavy (non-hydrogen) atoms. The van der Waals surface area contributed by atoms with Gasteiger partial charge in [-0.3, -0.25) is 9.78 Å². The Kier molecular flexibility index (Phi) is 12.6. The fourth-order valence-corrected chi connectivity index (χ4v) is 7.48. The van der Waals surface area contributed by atoms with Gasteiger partial charge in [-0.15, -0.1) is 6.42 Å². The Balaban J connectivity index is 1.13. The van der Waals surface area contributed by atoms with Gasteiger partial charge in [0, 0.05) is 17.8 Å². The van der Waals surface area contributed by atoms with E-state index in [4.69, 9.17) is 42.0 Å². The zero-order valence-corrected chi connectivity index (χ0v) is 28.1. The first kappa shape index (κ1) is 35.2. The molecule has 0 aliphatic carbocycles. The first-order valence-electron chi connectivity index (χ1n) is 15.9. The van der Waals surface area contributed by atoms with Gasteiger partial charge in [-0.2, -0.15) is 0 Å². The van der Waals surface area contributed by atoms with Crippen molar-refractivity contribution in [3.05, 3.63) is 53.1 Å². The number of hydrogen-bond acceptors (Lipinski definition) is 10. The molecule has 14 heteroatoms. The Hall–Kier alpha value is -3.09. The monoisotopic (exact) mass is 687 g/mol. The average Bonchev–Trinajstić information content (AvgIpc) is 3.51. The molecule has 12 nitrogen and oxygen atoms in total. The molecular formula is C33H42ClN5O7S. The fourth-order valence-electron chi connectivity index (χ4n) is 6.17. The molecule has 0 unspecified atom stereocenters. The number of sulfone groups is 1. The fraction of sp³-hybridized carbons (Fsp3) is 0.545. The molecule has 0 radical (unpaired) electrons. The Morgan fingerprint density at radius 1 is 0.979 bits per heavy atom. The van der Waals surface area contributed by atoms with Crippen LogP contribution in [-0.2, 0) is 52.1 Å². The highest BCUT2D eigenvalue weighted by atomic mass is 35.5. The summed E-state index contributed by atoms with van der Waals surface area (Å²) in [5.41, 5.74) is 2.78. The quantitative estimate of drug-likeness (QED) is 0.148. The van der Waals surface area contributed by atoms with E-state index >= 15 is 0 Å². The lowest BCUT2D eigenvalue weighted by Gasteiger charge is -2.33. The van der Waals surface area contributed by atoms with Crippen LogP contribution in [0.5, 0.6) is 0 Å². The van der Waals surface area contributed by atoms with Crippen LogP contribution >= 0.6 is 11.6 Å². The third-order valence-corrected chi connectivity index (χ3v) is 10.4. The van der Waals surface area contributed by atoms with E-state index in [-0.39, 0.29) is 37.2 Å². The maximum Gasteiger partial charge on any atom is 0.238 e. The van der Waals surface area contributed by atoms with E-state index in [0.717, 1.165) is 42.7 Å². The number of aromatic nitrogens is 3. The summed E-state index contributed by atoms with van der Waals surface area (Å²) < 4.78 is 49.0. The summed E-state index contributed by atoms with van der Waals surface area (Å²) in [7, 11) is -3.36. The van der Waals surface area contributed by atoms with E-state index in [9.17, 15) is 13.2 Å². The largest absolute Gasteiger partial charge is 0.378 e. The first-order chi connectivity index (χ1) is 22.8. The number of ether oxygens (including phenoxy) is 4. The number of aryl methyl sites for hydroxylation is 1. The smallest absolute Gasteiger partial charge is 0.238 e. The van der Waals surface area contributed by atoms with Crippen LogP contribution in [0, 0.1) is 12.3 Å². The van der Waals surface area contributed by atoms with Crippen molar-refractivity contribution >= 4 is 44.1 Å². The predicted octanol–water partition coefficient (Wildman–Crippen LogP) is 2.76. The summed E-state index contributed by atoms with van der Waals surface area (Å²) in [4.78, 5) is 25.0. The molecule has 0 saturated carbocycles. The van der Waals surface area contributed by atoms with Crippen molar-refractivity contribution in [3.63, 3.8) is 0 Å². The molecule has 1 N–H and O–H groups in total. The van der Waals surface area contributed by atoms with Crippen LogP contribution in [0.1, 0.15) is 30.7 Å². The van der Waals surface area contributed by atoms with Crippen molar-refractivity contribution in [2.45, 2.75) is 37.8 Å². The molecule has 5 rings (SSSR count). The van der Waals surface area contributed by atoms with Crippen molar-refractivity contribution in [2.75, 3.05) is 82.4 Å². The van der Waals surface area contributed by atoms with Crippen molar-refractivity contribution < 1.29 is 32.2 Å². The number of halogens is 1. The summed E-state index contributed by atoms with van der Waals surface area (Å²) in [6.07, 6.45) is 10.4. The number of imidazole rings is 1. The minimum atomic E-state index is -3.36. The standard InChI is InChI=1S/C33H42ClN5O7S/c1-2-13-43-14-15-44-16-17-45-18-19-46-20-22-47(41,42)21-3-12-38-29-5-4-26(34)23-28(29)37-31(38)25-39-30-24-36-9-6-27(30)33(32(39)40)7-10-35-11-8-33/h1,4-6,9,23-24,35H,3,7-8,10-22,25H2. The van der Waals surface area contributed by atoms with Crippen LogP contribution < -0.4 is 10.2 Å². The van der Waals surface area contributed by atoms with Crippen LogP contribution in [0.3, 0.4) is 0 Å². The highest BCUT2D eigenvalue weighted by Gasteiger charge is 2.51. The van der Waals surface area contributed by atoms with E-state index in [2.05, 4.69) is 16.2 Å². The van der Waals surface area contributed by atoms with Crippen LogP contribution in [0.25, 0.3) is 11.0 Å². The third-order valence-electron chi connectivity index (χ3n) is 8.48. The second-order valence-corrected chi connectivity index (χ2v) is 14.3. The molecule has 2 aliphatic rings. The lowest BCUT2D eigenvalue weighted by atomic mass is 9.74. The minimum absolute atomic E-state index is 0.00648. The number of rotatable bonds is 19. The van der Waals surface area contributed by atoms with E-state index in [0.29, 0.717) is 69.0 Å². The highest BCUT2D eigenvalue weighted by Crippen LogP contribution is 2.47. The van der Waals surface area contributed by atoms with Gasteiger partial charge < -0.3 is 33.7 Å². The van der Waals surface area contributed by atoms with Gasteiger partial charge >= 0.3 is 0 Å². The van der Waals surface area contributed by atoms with Gasteiger partial charge in [0.05, 0.1) is 92.6 Å². The number of carbonyl (C=O) groups excluding carboxylic acids is 1. The van der Waals surface area contributed by atoms with Crippen LogP contribution in [0.4, 0.5) is 5.69 Å². The zero-order chi connectivity index (χ0) is 33.1. The predicted molar refractivity (Wildman–Crippen MR) is 179 cm³/mol. The second-order valence-electron chi connectivity index (χ2n) is 11.5. The topological polar surface area (TPSA) is 134 Å². The SMILES string of the molecule is C#CCOCCOCCOCCOCCS(=O)(=O)CCCn1c(CN2C(=O)C3(CCNCC3)c3ccncc32)nc2cc(Cl)ccc21. The molecule has 0 bridgehead atoms.